The van der Waals surface area contributed by atoms with Crippen molar-refractivity contribution in [1.29, 1.82) is 5.26 Å². The number of hydrogen-bond donors (Lipinski definition) is 0. The Bertz CT molecular complexity index is 361. The van der Waals surface area contributed by atoms with Crippen molar-refractivity contribution in [2.24, 2.45) is 0 Å². The van der Waals surface area contributed by atoms with Crippen molar-refractivity contribution >= 4 is 10.0 Å². The predicted molar refractivity (Wildman–Crippen MR) is 55.6 cm³/mol. The van der Waals surface area contributed by atoms with Gasteiger partial charge in [0.2, 0.25) is 10.0 Å². The first-order valence-electron chi connectivity index (χ1n) is 5.22. The van der Waals surface area contributed by atoms with Gasteiger partial charge in [0.05, 0.1) is 6.07 Å². The smallest absolute Gasteiger partial charge is 0.227 e. The second-order valence-corrected chi connectivity index (χ2v) is 6.05. The molecule has 0 N–H and O–H groups in total. The van der Waals surface area contributed by atoms with E-state index in [9.17, 15) is 8.42 Å². The Balaban J connectivity index is 1.90. The summed E-state index contributed by atoms with van der Waals surface area (Å²) in [6.45, 7) is 2.71. The fourth-order valence-electron chi connectivity index (χ4n) is 1.96. The minimum absolute atomic E-state index is 0.392. The lowest BCUT2D eigenvalue weighted by Gasteiger charge is -2.33. The maximum absolute atomic E-state index is 11.6. The molecule has 84 valence electrons. The Labute approximate surface area is 90.3 Å². The Morgan fingerprint density at radius 3 is 2.27 bits per heavy atom. The maximum atomic E-state index is 11.6. The lowest BCUT2D eigenvalue weighted by molar-refractivity contribution is 0.181. The highest BCUT2D eigenvalue weighted by Crippen LogP contribution is 2.27. The van der Waals surface area contributed by atoms with Crippen LogP contribution in [0.2, 0.25) is 0 Å². The SMILES string of the molecule is N#CCS(=O)(=O)N1CCN(C2CC2)CC1. The highest BCUT2D eigenvalue weighted by Gasteiger charge is 2.34. The zero-order valence-electron chi connectivity index (χ0n) is 8.59. The fourth-order valence-corrected chi connectivity index (χ4v) is 3.02. The number of hydrogen-bond acceptors (Lipinski definition) is 4. The molecule has 1 heterocycles. The van der Waals surface area contributed by atoms with Crippen LogP contribution in [0.3, 0.4) is 0 Å². The highest BCUT2D eigenvalue weighted by atomic mass is 32.2. The third-order valence-electron chi connectivity index (χ3n) is 2.98. The van der Waals surface area contributed by atoms with E-state index < -0.39 is 15.8 Å². The normalized spacial score (nSPS) is 25.0. The van der Waals surface area contributed by atoms with Gasteiger partial charge in [-0.15, -0.1) is 0 Å². The van der Waals surface area contributed by atoms with E-state index in [-0.39, 0.29) is 0 Å². The number of sulfonamides is 1. The molecule has 0 bridgehead atoms. The summed E-state index contributed by atoms with van der Waals surface area (Å²) in [6, 6.07) is 2.41. The minimum Gasteiger partial charge on any atom is -0.298 e. The molecular formula is C9H15N3O2S. The van der Waals surface area contributed by atoms with E-state index in [2.05, 4.69) is 4.90 Å². The molecule has 1 aliphatic carbocycles. The molecule has 0 atom stereocenters. The molecule has 2 rings (SSSR count). The zero-order valence-corrected chi connectivity index (χ0v) is 9.41. The maximum Gasteiger partial charge on any atom is 0.227 e. The lowest BCUT2D eigenvalue weighted by atomic mass is 10.3. The number of nitrogens with zero attached hydrogens (tertiary/aromatic N) is 3. The summed E-state index contributed by atoms with van der Waals surface area (Å²) in [5, 5.41) is 8.42. The van der Waals surface area contributed by atoms with Gasteiger partial charge in [-0.05, 0) is 12.8 Å². The van der Waals surface area contributed by atoms with E-state index in [0.717, 1.165) is 13.1 Å². The van der Waals surface area contributed by atoms with Crippen LogP contribution in [0.5, 0.6) is 0 Å². The first-order chi connectivity index (χ1) is 7.13. The van der Waals surface area contributed by atoms with Crippen LogP contribution in [-0.4, -0.2) is 55.6 Å². The summed E-state index contributed by atoms with van der Waals surface area (Å²) in [5.41, 5.74) is 0. The molecule has 0 spiro atoms. The van der Waals surface area contributed by atoms with Crippen molar-refractivity contribution in [2.75, 3.05) is 31.9 Å². The van der Waals surface area contributed by atoms with E-state index >= 15 is 0 Å². The summed E-state index contributed by atoms with van der Waals surface area (Å²) in [6.07, 6.45) is 2.51. The number of rotatable bonds is 3. The second kappa shape index (κ2) is 4.08. The third-order valence-corrected chi connectivity index (χ3v) is 4.62. The van der Waals surface area contributed by atoms with E-state index in [1.807, 2.05) is 0 Å². The van der Waals surface area contributed by atoms with Gasteiger partial charge in [0.1, 0.15) is 0 Å². The first-order valence-corrected chi connectivity index (χ1v) is 6.83. The van der Waals surface area contributed by atoms with Crippen LogP contribution in [0.25, 0.3) is 0 Å². The van der Waals surface area contributed by atoms with Crippen molar-refractivity contribution < 1.29 is 8.42 Å². The Hall–Kier alpha value is -0.640. The van der Waals surface area contributed by atoms with Crippen LogP contribution >= 0.6 is 0 Å². The van der Waals surface area contributed by atoms with Gasteiger partial charge in [0.15, 0.2) is 5.75 Å². The monoisotopic (exact) mass is 229 g/mol. The summed E-state index contributed by atoms with van der Waals surface area (Å²) >= 11 is 0. The molecule has 1 saturated carbocycles. The average molecular weight is 229 g/mol. The van der Waals surface area contributed by atoms with Crippen LogP contribution in [0.1, 0.15) is 12.8 Å². The Kier molecular flexibility index (Phi) is 2.96. The van der Waals surface area contributed by atoms with Crippen LogP contribution in [-0.2, 0) is 10.0 Å². The molecular weight excluding hydrogens is 214 g/mol. The van der Waals surface area contributed by atoms with Gasteiger partial charge in [-0.2, -0.15) is 9.57 Å². The van der Waals surface area contributed by atoms with Gasteiger partial charge >= 0.3 is 0 Å². The van der Waals surface area contributed by atoms with Crippen molar-refractivity contribution in [3.05, 3.63) is 0 Å². The van der Waals surface area contributed by atoms with Crippen LogP contribution < -0.4 is 0 Å². The molecule has 0 aromatic carbocycles. The van der Waals surface area contributed by atoms with Crippen molar-refractivity contribution in [3.8, 4) is 6.07 Å². The topological polar surface area (TPSA) is 64.4 Å². The molecule has 0 aromatic rings. The second-order valence-electron chi connectivity index (χ2n) is 4.08. The molecule has 6 heteroatoms. The van der Waals surface area contributed by atoms with Gasteiger partial charge in [0, 0.05) is 32.2 Å². The molecule has 1 aliphatic heterocycles. The molecule has 1 saturated heterocycles. The quantitative estimate of drug-likeness (QED) is 0.661. The summed E-state index contributed by atoms with van der Waals surface area (Å²) in [7, 11) is -3.32. The fraction of sp³-hybridized carbons (Fsp3) is 0.889. The molecule has 15 heavy (non-hydrogen) atoms. The standard InChI is InChI=1S/C9H15N3O2S/c10-3-8-15(13,14)12-6-4-11(5-7-12)9-1-2-9/h9H,1-2,4-8H2. The van der Waals surface area contributed by atoms with Gasteiger partial charge in [-0.1, -0.05) is 0 Å². The minimum atomic E-state index is -3.32. The van der Waals surface area contributed by atoms with E-state index in [4.69, 9.17) is 5.26 Å². The molecule has 2 aliphatic rings. The first kappa shape index (κ1) is 10.9. The van der Waals surface area contributed by atoms with Crippen LogP contribution in [0, 0.1) is 11.3 Å². The third kappa shape index (κ3) is 2.48. The number of nitriles is 1. The van der Waals surface area contributed by atoms with E-state index in [1.165, 1.54) is 17.1 Å². The predicted octanol–water partition coefficient (Wildman–Crippen LogP) is -0.380. The van der Waals surface area contributed by atoms with Crippen LogP contribution in [0.15, 0.2) is 0 Å². The summed E-state index contributed by atoms with van der Waals surface area (Å²) < 4.78 is 24.6. The molecule has 0 amide bonds. The van der Waals surface area contributed by atoms with Crippen LogP contribution in [0.4, 0.5) is 0 Å². The van der Waals surface area contributed by atoms with Crippen molar-refractivity contribution in [1.82, 2.24) is 9.21 Å². The molecule has 5 nitrogen and oxygen atoms in total. The molecule has 0 aromatic heterocycles. The lowest BCUT2D eigenvalue weighted by Crippen LogP contribution is -2.49. The van der Waals surface area contributed by atoms with Gasteiger partial charge in [-0.25, -0.2) is 8.42 Å². The summed E-state index contributed by atoms with van der Waals surface area (Å²) in [4.78, 5) is 2.35. The highest BCUT2D eigenvalue weighted by molar-refractivity contribution is 7.89. The largest absolute Gasteiger partial charge is 0.298 e. The number of piperazine rings is 1. The van der Waals surface area contributed by atoms with Crippen molar-refractivity contribution in [3.63, 3.8) is 0 Å². The Morgan fingerprint density at radius 1 is 1.20 bits per heavy atom. The van der Waals surface area contributed by atoms with Gasteiger partial charge in [0.25, 0.3) is 0 Å². The van der Waals surface area contributed by atoms with Gasteiger partial charge in [-0.3, -0.25) is 4.90 Å². The molecule has 0 unspecified atom stereocenters. The summed E-state index contributed by atoms with van der Waals surface area (Å²) in [5.74, 6) is -0.392. The zero-order chi connectivity index (χ0) is 10.9. The van der Waals surface area contributed by atoms with Gasteiger partial charge < -0.3 is 0 Å². The van der Waals surface area contributed by atoms with E-state index in [1.54, 1.807) is 6.07 Å². The molecule has 2 fully saturated rings. The van der Waals surface area contributed by atoms with E-state index in [0.29, 0.717) is 19.1 Å². The van der Waals surface area contributed by atoms with Crippen molar-refractivity contribution in [2.45, 2.75) is 18.9 Å². The Morgan fingerprint density at radius 2 is 1.80 bits per heavy atom. The average Bonchev–Trinajstić information content (AvgIpc) is 3.01. The molecule has 0 radical (unpaired) electrons.